The number of esters is 1. The van der Waals surface area contributed by atoms with Crippen LogP contribution in [0.4, 0.5) is 8.78 Å². The molecule has 3 rings (SSSR count). The summed E-state index contributed by atoms with van der Waals surface area (Å²) in [5.41, 5.74) is -0.213. The zero-order chi connectivity index (χ0) is 28.1. The summed E-state index contributed by atoms with van der Waals surface area (Å²) in [4.78, 5) is 50.3. The van der Waals surface area contributed by atoms with Gasteiger partial charge in [0.1, 0.15) is 23.2 Å². The van der Waals surface area contributed by atoms with E-state index in [2.05, 4.69) is 5.32 Å². The Balaban J connectivity index is 1.91. The van der Waals surface area contributed by atoms with E-state index in [1.54, 1.807) is 51.2 Å². The van der Waals surface area contributed by atoms with Gasteiger partial charge in [0.25, 0.3) is 11.5 Å². The van der Waals surface area contributed by atoms with Crippen molar-refractivity contribution in [3.63, 3.8) is 0 Å². The normalized spacial score (nSPS) is 11.5. The van der Waals surface area contributed by atoms with Gasteiger partial charge in [-0.25, -0.2) is 18.4 Å². The number of carbonyl (C=O) groups excluding carboxylic acids is 2. The molecule has 0 saturated carbocycles. The van der Waals surface area contributed by atoms with Crippen LogP contribution in [0, 0.1) is 29.9 Å². The minimum atomic E-state index is -1.28. The second-order valence-corrected chi connectivity index (χ2v) is 8.69. The molecule has 0 saturated heterocycles. The van der Waals surface area contributed by atoms with Crippen molar-refractivity contribution in [1.82, 2.24) is 14.5 Å². The summed E-state index contributed by atoms with van der Waals surface area (Å²) >= 11 is 0. The summed E-state index contributed by atoms with van der Waals surface area (Å²) in [6.07, 6.45) is 0.451. The molecular formula is C27H26F2N4O5. The molecule has 1 aromatic heterocycles. The first kappa shape index (κ1) is 28.0. The molecular weight excluding hydrogens is 498 g/mol. The molecule has 1 heterocycles. The van der Waals surface area contributed by atoms with Gasteiger partial charge in [0.05, 0.1) is 23.8 Å². The quantitative estimate of drug-likeness (QED) is 0.452. The van der Waals surface area contributed by atoms with Gasteiger partial charge in [-0.3, -0.25) is 14.2 Å². The minimum Gasteiger partial charge on any atom is -0.464 e. The molecule has 3 aromatic rings. The molecule has 1 atom stereocenters. The SMILES string of the molecule is CCCOC(=O)C(Cc1ccc(-c2c(C)n(C)c(=O)n(C)c2=O)cc1)NC(=O)c1c(F)cc(C#N)cc1F. The maximum Gasteiger partial charge on any atom is 0.330 e. The number of nitrogens with one attached hydrogen (secondary N) is 1. The molecule has 0 fully saturated rings. The number of nitrogens with zero attached hydrogens (tertiary/aromatic N) is 3. The first-order valence-corrected chi connectivity index (χ1v) is 11.7. The van der Waals surface area contributed by atoms with Crippen molar-refractivity contribution < 1.29 is 23.1 Å². The third kappa shape index (κ3) is 5.70. The van der Waals surface area contributed by atoms with Crippen LogP contribution in [-0.4, -0.2) is 33.7 Å². The van der Waals surface area contributed by atoms with E-state index in [0.29, 0.717) is 28.8 Å². The average molecular weight is 525 g/mol. The van der Waals surface area contributed by atoms with Crippen molar-refractivity contribution in [2.24, 2.45) is 14.1 Å². The van der Waals surface area contributed by atoms with Gasteiger partial charge in [-0.05, 0) is 36.6 Å². The molecule has 0 spiro atoms. The third-order valence-corrected chi connectivity index (χ3v) is 6.08. The molecule has 9 nitrogen and oxygen atoms in total. The largest absolute Gasteiger partial charge is 0.464 e. The molecule has 0 radical (unpaired) electrons. The van der Waals surface area contributed by atoms with Crippen LogP contribution < -0.4 is 16.6 Å². The van der Waals surface area contributed by atoms with Crippen LogP contribution >= 0.6 is 0 Å². The highest BCUT2D eigenvalue weighted by atomic mass is 19.1. The first-order valence-electron chi connectivity index (χ1n) is 11.7. The van der Waals surface area contributed by atoms with E-state index >= 15 is 0 Å². The molecule has 198 valence electrons. The summed E-state index contributed by atoms with van der Waals surface area (Å²) in [5, 5.41) is 11.2. The smallest absolute Gasteiger partial charge is 0.330 e. The van der Waals surface area contributed by atoms with Gasteiger partial charge in [-0.1, -0.05) is 31.2 Å². The predicted molar refractivity (Wildman–Crippen MR) is 134 cm³/mol. The Morgan fingerprint density at radius 3 is 2.24 bits per heavy atom. The highest BCUT2D eigenvalue weighted by Crippen LogP contribution is 2.20. The lowest BCUT2D eigenvalue weighted by atomic mass is 10.00. The average Bonchev–Trinajstić information content (AvgIpc) is 2.89. The summed E-state index contributed by atoms with van der Waals surface area (Å²) in [7, 11) is 2.94. The summed E-state index contributed by atoms with van der Waals surface area (Å²) in [5.74, 6) is -4.44. The summed E-state index contributed by atoms with van der Waals surface area (Å²) in [6.45, 7) is 3.52. The zero-order valence-electron chi connectivity index (χ0n) is 21.3. The van der Waals surface area contributed by atoms with Crippen LogP contribution in [0.5, 0.6) is 0 Å². The lowest BCUT2D eigenvalue weighted by Gasteiger charge is -2.19. The molecule has 11 heteroatoms. The molecule has 1 N–H and O–H groups in total. The van der Waals surface area contributed by atoms with Gasteiger partial charge >= 0.3 is 11.7 Å². The summed E-state index contributed by atoms with van der Waals surface area (Å²) < 4.78 is 36.3. The van der Waals surface area contributed by atoms with E-state index in [1.807, 2.05) is 0 Å². The van der Waals surface area contributed by atoms with Crippen molar-refractivity contribution in [1.29, 1.82) is 5.26 Å². The fourth-order valence-electron chi connectivity index (χ4n) is 3.90. The Labute approximate surface area is 216 Å². The number of aromatic nitrogens is 2. The number of halogens is 2. The van der Waals surface area contributed by atoms with Crippen LogP contribution in [0.2, 0.25) is 0 Å². The fourth-order valence-corrected chi connectivity index (χ4v) is 3.90. The van der Waals surface area contributed by atoms with E-state index in [-0.39, 0.29) is 18.6 Å². The molecule has 38 heavy (non-hydrogen) atoms. The number of amides is 1. The predicted octanol–water partition coefficient (Wildman–Crippen LogP) is 2.50. The number of hydrogen-bond acceptors (Lipinski definition) is 6. The Morgan fingerprint density at radius 1 is 1.08 bits per heavy atom. The van der Waals surface area contributed by atoms with Crippen LogP contribution in [0.15, 0.2) is 46.0 Å². The van der Waals surface area contributed by atoms with Gasteiger partial charge in [-0.2, -0.15) is 5.26 Å². The number of rotatable bonds is 8. The molecule has 0 bridgehead atoms. The molecule has 2 aromatic carbocycles. The second-order valence-electron chi connectivity index (χ2n) is 8.69. The van der Waals surface area contributed by atoms with Crippen molar-refractivity contribution in [2.75, 3.05) is 6.61 Å². The lowest BCUT2D eigenvalue weighted by Crippen LogP contribution is -2.44. The van der Waals surface area contributed by atoms with Gasteiger partial charge in [0.15, 0.2) is 0 Å². The topological polar surface area (TPSA) is 123 Å². The lowest BCUT2D eigenvalue weighted by molar-refractivity contribution is -0.145. The van der Waals surface area contributed by atoms with E-state index in [9.17, 15) is 28.0 Å². The molecule has 0 aliphatic rings. The number of nitriles is 1. The highest BCUT2D eigenvalue weighted by molar-refractivity contribution is 5.97. The number of hydrogen-bond donors (Lipinski definition) is 1. The maximum absolute atomic E-state index is 14.4. The van der Waals surface area contributed by atoms with E-state index in [1.165, 1.54) is 11.6 Å². The van der Waals surface area contributed by atoms with E-state index in [4.69, 9.17) is 10.00 Å². The monoisotopic (exact) mass is 524 g/mol. The number of benzene rings is 2. The van der Waals surface area contributed by atoms with Gasteiger partial charge < -0.3 is 14.6 Å². The molecule has 0 aliphatic heterocycles. The first-order chi connectivity index (χ1) is 18.0. The zero-order valence-corrected chi connectivity index (χ0v) is 21.3. The standard InChI is InChI=1S/C27H26F2N4O5/c1-5-10-38-26(36)21(31-24(34)23-19(28)11-17(14-30)12-20(23)29)13-16-6-8-18(9-7-16)22-15(2)32(3)27(37)33(4)25(22)35/h6-9,11-12,21H,5,10,13H2,1-4H3,(H,31,34). The molecule has 1 amide bonds. The maximum atomic E-state index is 14.4. The number of carbonyl (C=O) groups is 2. The van der Waals surface area contributed by atoms with Crippen LogP contribution in [0.3, 0.4) is 0 Å². The van der Waals surface area contributed by atoms with E-state index in [0.717, 1.165) is 16.7 Å². The van der Waals surface area contributed by atoms with E-state index < -0.39 is 46.4 Å². The van der Waals surface area contributed by atoms with Crippen LogP contribution in [0.25, 0.3) is 11.1 Å². The van der Waals surface area contributed by atoms with Crippen molar-refractivity contribution in [3.05, 3.63) is 91.3 Å². The third-order valence-electron chi connectivity index (χ3n) is 6.08. The van der Waals surface area contributed by atoms with Crippen LogP contribution in [-0.2, 0) is 30.0 Å². The van der Waals surface area contributed by atoms with Crippen molar-refractivity contribution >= 4 is 11.9 Å². The highest BCUT2D eigenvalue weighted by Gasteiger charge is 2.27. The molecule has 1 unspecified atom stereocenters. The Morgan fingerprint density at radius 2 is 1.68 bits per heavy atom. The second kappa shape index (κ2) is 11.6. The molecule has 0 aliphatic carbocycles. The Bertz CT molecular complexity index is 1530. The Kier molecular flexibility index (Phi) is 8.57. The Hall–Kier alpha value is -4.59. The number of ether oxygens (including phenoxy) is 1. The van der Waals surface area contributed by atoms with Gasteiger partial charge in [0.2, 0.25) is 0 Å². The summed E-state index contributed by atoms with van der Waals surface area (Å²) in [6, 6.07) is 8.32. The van der Waals surface area contributed by atoms with Gasteiger partial charge in [-0.15, -0.1) is 0 Å². The fraction of sp³-hybridized carbons (Fsp3) is 0.296. The van der Waals surface area contributed by atoms with Crippen LogP contribution in [0.1, 0.15) is 40.5 Å². The van der Waals surface area contributed by atoms with Crippen molar-refractivity contribution in [3.8, 4) is 17.2 Å². The van der Waals surface area contributed by atoms with Crippen molar-refractivity contribution in [2.45, 2.75) is 32.7 Å². The minimum absolute atomic E-state index is 0.0711. The van der Waals surface area contributed by atoms with Gasteiger partial charge in [0, 0.05) is 26.2 Å².